The van der Waals surface area contributed by atoms with Gasteiger partial charge in [-0.3, -0.25) is 4.79 Å². The van der Waals surface area contributed by atoms with Gasteiger partial charge in [0.05, 0.1) is 6.26 Å². The van der Waals surface area contributed by atoms with Crippen LogP contribution in [0.15, 0.2) is 24.3 Å². The Morgan fingerprint density at radius 1 is 1.27 bits per heavy atom. The Hall–Kier alpha value is -1.11. The molecule has 1 aliphatic carbocycles. The molecule has 0 radical (unpaired) electrons. The van der Waals surface area contributed by atoms with Crippen LogP contribution in [0.4, 0.5) is 0 Å². The van der Waals surface area contributed by atoms with E-state index in [4.69, 9.17) is 11.6 Å². The predicted octanol–water partition coefficient (Wildman–Crippen LogP) is 1.81. The van der Waals surface area contributed by atoms with Crippen LogP contribution in [0.1, 0.15) is 24.8 Å². The molecular weight excluding hydrogens is 324 g/mol. The van der Waals surface area contributed by atoms with Crippen molar-refractivity contribution in [1.82, 2.24) is 9.62 Å². The summed E-state index contributed by atoms with van der Waals surface area (Å²) in [5.74, 6) is -0.0809. The number of nitrogens with zero attached hydrogens (tertiary/aromatic N) is 1. The molecule has 5 nitrogen and oxygen atoms in total. The van der Waals surface area contributed by atoms with Crippen molar-refractivity contribution in [3.63, 3.8) is 0 Å². The second-order valence-corrected chi connectivity index (χ2v) is 8.05. The zero-order chi connectivity index (χ0) is 16.2. The van der Waals surface area contributed by atoms with Crippen LogP contribution in [0, 0.1) is 0 Å². The van der Waals surface area contributed by atoms with Crippen LogP contribution in [-0.4, -0.2) is 44.0 Å². The SMILES string of the molecule is CS(=O)(=O)N(CCC(=O)NC1CC1)CCc1ccc(Cl)cc1. The molecular formula is C15H21ClN2O3S. The maximum atomic E-state index is 11.8. The van der Waals surface area contributed by atoms with Crippen LogP contribution in [0.25, 0.3) is 0 Å². The number of sulfonamides is 1. The number of amides is 1. The Kier molecular flexibility index (Phi) is 5.83. The normalized spacial score (nSPS) is 15.0. The van der Waals surface area contributed by atoms with Gasteiger partial charge < -0.3 is 5.32 Å². The number of carbonyl (C=O) groups is 1. The van der Waals surface area contributed by atoms with Gasteiger partial charge in [0.1, 0.15) is 0 Å². The fourth-order valence-corrected chi connectivity index (χ4v) is 3.07. The van der Waals surface area contributed by atoms with E-state index in [9.17, 15) is 13.2 Å². The summed E-state index contributed by atoms with van der Waals surface area (Å²) in [4.78, 5) is 11.7. The number of halogens is 1. The maximum Gasteiger partial charge on any atom is 0.221 e. The second kappa shape index (κ2) is 7.44. The van der Waals surface area contributed by atoms with Gasteiger partial charge in [-0.15, -0.1) is 0 Å². The number of benzene rings is 1. The molecule has 0 bridgehead atoms. The molecule has 0 heterocycles. The molecule has 0 aromatic heterocycles. The molecule has 22 heavy (non-hydrogen) atoms. The van der Waals surface area contributed by atoms with Crippen LogP contribution in [0.3, 0.4) is 0 Å². The highest BCUT2D eigenvalue weighted by molar-refractivity contribution is 7.88. The van der Waals surface area contributed by atoms with Crippen LogP contribution >= 0.6 is 11.6 Å². The standard InChI is InChI=1S/C15H21ClN2O3S/c1-22(20,21)18(11-9-15(19)17-14-6-7-14)10-8-12-2-4-13(16)5-3-12/h2-5,14H,6-11H2,1H3,(H,17,19). The summed E-state index contributed by atoms with van der Waals surface area (Å²) in [6.07, 6.45) is 4.02. The summed E-state index contributed by atoms with van der Waals surface area (Å²) in [5.41, 5.74) is 1.01. The molecule has 122 valence electrons. The summed E-state index contributed by atoms with van der Waals surface area (Å²) in [6.45, 7) is 0.572. The van der Waals surface area contributed by atoms with Crippen molar-refractivity contribution in [2.24, 2.45) is 0 Å². The van der Waals surface area contributed by atoms with Crippen molar-refractivity contribution < 1.29 is 13.2 Å². The Labute approximate surface area is 136 Å². The monoisotopic (exact) mass is 344 g/mol. The Morgan fingerprint density at radius 2 is 1.91 bits per heavy atom. The summed E-state index contributed by atoms with van der Waals surface area (Å²) in [6, 6.07) is 7.62. The van der Waals surface area contributed by atoms with Gasteiger partial charge in [-0.2, -0.15) is 0 Å². The molecule has 2 rings (SSSR count). The van der Waals surface area contributed by atoms with E-state index in [2.05, 4.69) is 5.32 Å². The molecule has 1 amide bonds. The minimum Gasteiger partial charge on any atom is -0.353 e. The Bertz CT molecular complexity index is 612. The Balaban J connectivity index is 1.85. The van der Waals surface area contributed by atoms with Gasteiger partial charge in [-0.05, 0) is 37.0 Å². The molecule has 1 N–H and O–H groups in total. The number of hydrogen-bond donors (Lipinski definition) is 1. The van der Waals surface area contributed by atoms with E-state index in [0.29, 0.717) is 24.0 Å². The van der Waals surface area contributed by atoms with E-state index < -0.39 is 10.0 Å². The van der Waals surface area contributed by atoms with Gasteiger partial charge in [0, 0.05) is 30.6 Å². The zero-order valence-electron chi connectivity index (χ0n) is 12.6. The first kappa shape index (κ1) is 17.2. The molecule has 1 saturated carbocycles. The van der Waals surface area contributed by atoms with E-state index in [1.54, 1.807) is 12.1 Å². The van der Waals surface area contributed by atoms with Crippen molar-refractivity contribution >= 4 is 27.5 Å². The molecule has 1 fully saturated rings. The van der Waals surface area contributed by atoms with E-state index in [-0.39, 0.29) is 18.9 Å². The summed E-state index contributed by atoms with van der Waals surface area (Å²) in [7, 11) is -3.32. The predicted molar refractivity (Wildman–Crippen MR) is 87.4 cm³/mol. The fraction of sp³-hybridized carbons (Fsp3) is 0.533. The lowest BCUT2D eigenvalue weighted by Gasteiger charge is -2.19. The van der Waals surface area contributed by atoms with Crippen LogP contribution in [0.2, 0.25) is 5.02 Å². The number of nitrogens with one attached hydrogen (secondary N) is 1. The maximum absolute atomic E-state index is 11.8. The molecule has 0 unspecified atom stereocenters. The van der Waals surface area contributed by atoms with Gasteiger partial charge in [0.25, 0.3) is 0 Å². The van der Waals surface area contributed by atoms with Crippen molar-refractivity contribution in [3.8, 4) is 0 Å². The van der Waals surface area contributed by atoms with Crippen LogP contribution < -0.4 is 5.32 Å². The highest BCUT2D eigenvalue weighted by Gasteiger charge is 2.24. The van der Waals surface area contributed by atoms with E-state index in [1.807, 2.05) is 12.1 Å². The topological polar surface area (TPSA) is 66.5 Å². The minimum atomic E-state index is -3.32. The van der Waals surface area contributed by atoms with Gasteiger partial charge in [0.15, 0.2) is 0 Å². The second-order valence-electron chi connectivity index (χ2n) is 5.63. The molecule has 0 atom stereocenters. The average Bonchev–Trinajstić information content (AvgIpc) is 3.23. The molecule has 1 aliphatic rings. The van der Waals surface area contributed by atoms with Gasteiger partial charge in [-0.25, -0.2) is 12.7 Å². The van der Waals surface area contributed by atoms with Crippen molar-refractivity contribution in [2.75, 3.05) is 19.3 Å². The molecule has 0 aliphatic heterocycles. The lowest BCUT2D eigenvalue weighted by atomic mass is 10.1. The minimum absolute atomic E-state index is 0.0809. The van der Waals surface area contributed by atoms with Gasteiger partial charge >= 0.3 is 0 Å². The number of carbonyl (C=O) groups excluding carboxylic acids is 1. The smallest absolute Gasteiger partial charge is 0.221 e. The van der Waals surface area contributed by atoms with Crippen LogP contribution in [-0.2, 0) is 21.2 Å². The van der Waals surface area contributed by atoms with E-state index in [1.165, 1.54) is 10.6 Å². The molecule has 0 spiro atoms. The highest BCUT2D eigenvalue weighted by atomic mass is 35.5. The van der Waals surface area contributed by atoms with Crippen molar-refractivity contribution in [1.29, 1.82) is 0 Å². The summed E-state index contributed by atoms with van der Waals surface area (Å²) < 4.78 is 25.0. The summed E-state index contributed by atoms with van der Waals surface area (Å²) >= 11 is 5.83. The Morgan fingerprint density at radius 3 is 2.45 bits per heavy atom. The zero-order valence-corrected chi connectivity index (χ0v) is 14.2. The third kappa shape index (κ3) is 5.94. The number of rotatable bonds is 8. The van der Waals surface area contributed by atoms with Gasteiger partial charge in [0.2, 0.25) is 15.9 Å². The average molecular weight is 345 g/mol. The molecule has 0 saturated heterocycles. The molecule has 7 heteroatoms. The van der Waals surface area contributed by atoms with Crippen LogP contribution in [0.5, 0.6) is 0 Å². The third-order valence-electron chi connectivity index (χ3n) is 3.56. The molecule has 1 aromatic rings. The summed E-state index contributed by atoms with van der Waals surface area (Å²) in [5, 5.41) is 3.52. The first-order valence-electron chi connectivity index (χ1n) is 7.33. The van der Waals surface area contributed by atoms with Crippen molar-refractivity contribution in [2.45, 2.75) is 31.7 Å². The van der Waals surface area contributed by atoms with E-state index >= 15 is 0 Å². The molecule has 1 aromatic carbocycles. The van der Waals surface area contributed by atoms with Crippen molar-refractivity contribution in [3.05, 3.63) is 34.9 Å². The lowest BCUT2D eigenvalue weighted by Crippen LogP contribution is -2.36. The first-order chi connectivity index (χ1) is 10.3. The number of hydrogen-bond acceptors (Lipinski definition) is 3. The fourth-order valence-electron chi connectivity index (χ4n) is 2.10. The largest absolute Gasteiger partial charge is 0.353 e. The van der Waals surface area contributed by atoms with E-state index in [0.717, 1.165) is 18.4 Å². The lowest BCUT2D eigenvalue weighted by molar-refractivity contribution is -0.121. The first-order valence-corrected chi connectivity index (χ1v) is 9.56. The third-order valence-corrected chi connectivity index (χ3v) is 5.12. The quantitative estimate of drug-likeness (QED) is 0.782. The van der Waals surface area contributed by atoms with Gasteiger partial charge in [-0.1, -0.05) is 23.7 Å². The highest BCUT2D eigenvalue weighted by Crippen LogP contribution is 2.18.